The maximum Gasteiger partial charge on any atom is 0.250 e. The van der Waals surface area contributed by atoms with Gasteiger partial charge in [0.1, 0.15) is 0 Å². The molecule has 1 N–H and O–H groups in total. The zero-order chi connectivity index (χ0) is 12.8. The fraction of sp³-hybridized carbons (Fsp3) is 0.643. The molecule has 0 saturated carbocycles. The summed E-state index contributed by atoms with van der Waals surface area (Å²) < 4.78 is 1.80. The van der Waals surface area contributed by atoms with Gasteiger partial charge in [-0.15, -0.1) is 0 Å². The van der Waals surface area contributed by atoms with Crippen molar-refractivity contribution in [1.82, 2.24) is 14.8 Å². The van der Waals surface area contributed by atoms with Gasteiger partial charge in [0.2, 0.25) is 0 Å². The van der Waals surface area contributed by atoms with Crippen LogP contribution < -0.4 is 10.9 Å². The minimum Gasteiger partial charge on any atom is -0.317 e. The first-order valence-corrected chi connectivity index (χ1v) is 6.91. The summed E-state index contributed by atoms with van der Waals surface area (Å²) in [6.07, 6.45) is 4.31. The van der Waals surface area contributed by atoms with Gasteiger partial charge in [0.25, 0.3) is 5.56 Å². The largest absolute Gasteiger partial charge is 0.317 e. The third-order valence-corrected chi connectivity index (χ3v) is 3.76. The van der Waals surface area contributed by atoms with Crippen molar-refractivity contribution in [3.05, 3.63) is 34.7 Å². The van der Waals surface area contributed by atoms with Crippen molar-refractivity contribution in [1.29, 1.82) is 0 Å². The highest BCUT2D eigenvalue weighted by Gasteiger charge is 2.19. The lowest BCUT2D eigenvalue weighted by Crippen LogP contribution is -2.44. The zero-order valence-electron chi connectivity index (χ0n) is 11.1. The van der Waals surface area contributed by atoms with Crippen LogP contribution in [-0.4, -0.2) is 41.7 Å². The van der Waals surface area contributed by atoms with Crippen LogP contribution in [0.2, 0.25) is 0 Å². The van der Waals surface area contributed by atoms with Crippen molar-refractivity contribution >= 4 is 0 Å². The normalized spacial score (nSPS) is 17.2. The molecule has 4 heteroatoms. The fourth-order valence-electron chi connectivity index (χ4n) is 2.65. The number of nitrogens with zero attached hydrogens (tertiary/aromatic N) is 2. The van der Waals surface area contributed by atoms with Crippen LogP contribution in [0.4, 0.5) is 0 Å². The van der Waals surface area contributed by atoms with Gasteiger partial charge in [0, 0.05) is 31.4 Å². The van der Waals surface area contributed by atoms with Crippen LogP contribution in [0.3, 0.4) is 0 Å². The number of aromatic nitrogens is 1. The van der Waals surface area contributed by atoms with E-state index in [-0.39, 0.29) is 5.56 Å². The Hall–Kier alpha value is -1.13. The van der Waals surface area contributed by atoms with E-state index in [1.165, 1.54) is 12.8 Å². The predicted octanol–water partition coefficient (Wildman–Crippen LogP) is 0.922. The molecular weight excluding hydrogens is 226 g/mol. The quantitative estimate of drug-likeness (QED) is 0.843. The van der Waals surface area contributed by atoms with Crippen LogP contribution in [-0.2, 0) is 6.54 Å². The van der Waals surface area contributed by atoms with Gasteiger partial charge in [-0.05, 0) is 38.5 Å². The molecule has 0 bridgehead atoms. The van der Waals surface area contributed by atoms with E-state index in [1.54, 1.807) is 16.7 Å². The zero-order valence-corrected chi connectivity index (χ0v) is 11.1. The van der Waals surface area contributed by atoms with Crippen LogP contribution >= 0.6 is 0 Å². The second-order valence-electron chi connectivity index (χ2n) is 4.84. The number of likely N-dealkylation sites (N-methyl/N-ethyl adjacent to an activating group) is 1. The number of hydrogen-bond donors (Lipinski definition) is 1. The smallest absolute Gasteiger partial charge is 0.250 e. The summed E-state index contributed by atoms with van der Waals surface area (Å²) in [7, 11) is 0. The number of nitrogens with one attached hydrogen (secondary N) is 1. The maximum absolute atomic E-state index is 11.6. The molecule has 1 aliphatic rings. The summed E-state index contributed by atoms with van der Waals surface area (Å²) in [5.74, 6) is 0. The Labute approximate surface area is 109 Å². The topological polar surface area (TPSA) is 37.3 Å². The van der Waals surface area contributed by atoms with E-state index in [4.69, 9.17) is 0 Å². The van der Waals surface area contributed by atoms with Crippen molar-refractivity contribution in [2.75, 3.05) is 26.2 Å². The van der Waals surface area contributed by atoms with Crippen molar-refractivity contribution in [2.24, 2.45) is 0 Å². The van der Waals surface area contributed by atoms with Gasteiger partial charge in [-0.1, -0.05) is 13.0 Å². The van der Waals surface area contributed by atoms with E-state index < -0.39 is 0 Å². The van der Waals surface area contributed by atoms with Crippen molar-refractivity contribution in [3.63, 3.8) is 0 Å². The first-order valence-electron chi connectivity index (χ1n) is 6.91. The molecule has 0 amide bonds. The molecule has 0 aliphatic carbocycles. The molecule has 0 spiro atoms. The molecule has 1 aromatic rings. The van der Waals surface area contributed by atoms with E-state index in [1.807, 2.05) is 12.3 Å². The SMILES string of the molecule is CCN(CCn1ccccc1=O)C1CCNCC1. The van der Waals surface area contributed by atoms with Crippen molar-refractivity contribution in [3.8, 4) is 0 Å². The molecule has 100 valence electrons. The van der Waals surface area contributed by atoms with Crippen molar-refractivity contribution < 1.29 is 0 Å². The van der Waals surface area contributed by atoms with E-state index in [0.29, 0.717) is 6.04 Å². The molecule has 2 rings (SSSR count). The predicted molar refractivity (Wildman–Crippen MR) is 73.8 cm³/mol. The van der Waals surface area contributed by atoms with Crippen LogP contribution in [0.25, 0.3) is 0 Å². The molecule has 1 aromatic heterocycles. The molecule has 2 heterocycles. The average Bonchev–Trinajstić information content (AvgIpc) is 2.42. The van der Waals surface area contributed by atoms with Crippen LogP contribution in [0.15, 0.2) is 29.2 Å². The number of rotatable bonds is 5. The molecule has 4 nitrogen and oxygen atoms in total. The highest BCUT2D eigenvalue weighted by molar-refractivity contribution is 4.93. The number of hydrogen-bond acceptors (Lipinski definition) is 3. The van der Waals surface area contributed by atoms with Crippen LogP contribution in [0, 0.1) is 0 Å². The average molecular weight is 249 g/mol. The number of pyridine rings is 1. The Kier molecular flexibility index (Phi) is 4.96. The highest BCUT2D eigenvalue weighted by atomic mass is 16.1. The second kappa shape index (κ2) is 6.71. The van der Waals surface area contributed by atoms with Gasteiger partial charge in [0.05, 0.1) is 0 Å². The minimum absolute atomic E-state index is 0.0962. The summed E-state index contributed by atoms with van der Waals surface area (Å²) in [6.45, 7) is 7.25. The van der Waals surface area contributed by atoms with Gasteiger partial charge in [-0.25, -0.2) is 0 Å². The van der Waals surface area contributed by atoms with Crippen LogP contribution in [0.1, 0.15) is 19.8 Å². The molecular formula is C14H23N3O. The molecule has 18 heavy (non-hydrogen) atoms. The third kappa shape index (κ3) is 3.43. The first kappa shape index (κ1) is 13.3. The third-order valence-electron chi connectivity index (χ3n) is 3.76. The Morgan fingerprint density at radius 1 is 1.39 bits per heavy atom. The molecule has 0 radical (unpaired) electrons. The van der Waals surface area contributed by atoms with Gasteiger partial charge in [-0.2, -0.15) is 0 Å². The molecule has 1 saturated heterocycles. The standard InChI is InChI=1S/C14H23N3O/c1-2-16(13-6-8-15-9-7-13)11-12-17-10-4-3-5-14(17)18/h3-5,10,13,15H,2,6-9,11-12H2,1H3. The minimum atomic E-state index is 0.0962. The lowest BCUT2D eigenvalue weighted by atomic mass is 10.0. The molecule has 0 unspecified atom stereocenters. The fourth-order valence-corrected chi connectivity index (χ4v) is 2.65. The maximum atomic E-state index is 11.6. The Bertz CT molecular complexity index is 410. The summed E-state index contributed by atoms with van der Waals surface area (Å²) in [5, 5.41) is 3.39. The molecule has 1 fully saturated rings. The molecule has 0 aromatic carbocycles. The monoisotopic (exact) mass is 249 g/mol. The summed E-state index contributed by atoms with van der Waals surface area (Å²) in [4.78, 5) is 14.1. The Morgan fingerprint density at radius 3 is 2.83 bits per heavy atom. The van der Waals surface area contributed by atoms with Crippen LogP contribution in [0.5, 0.6) is 0 Å². The van der Waals surface area contributed by atoms with E-state index in [2.05, 4.69) is 17.1 Å². The lowest BCUT2D eigenvalue weighted by Gasteiger charge is -2.33. The van der Waals surface area contributed by atoms with Gasteiger partial charge in [0.15, 0.2) is 0 Å². The Morgan fingerprint density at radius 2 is 2.17 bits per heavy atom. The van der Waals surface area contributed by atoms with Crippen molar-refractivity contribution in [2.45, 2.75) is 32.4 Å². The van der Waals surface area contributed by atoms with Gasteiger partial charge < -0.3 is 9.88 Å². The number of piperidine rings is 1. The summed E-state index contributed by atoms with van der Waals surface area (Å²) in [6, 6.07) is 6.02. The summed E-state index contributed by atoms with van der Waals surface area (Å²) in [5.41, 5.74) is 0.0962. The molecule has 1 aliphatic heterocycles. The first-order chi connectivity index (χ1) is 8.81. The van der Waals surface area contributed by atoms with E-state index >= 15 is 0 Å². The molecule has 0 atom stereocenters. The van der Waals surface area contributed by atoms with Gasteiger partial charge in [-0.3, -0.25) is 9.69 Å². The van der Waals surface area contributed by atoms with Gasteiger partial charge >= 0.3 is 0 Å². The van der Waals surface area contributed by atoms with E-state index in [9.17, 15) is 4.79 Å². The van der Waals surface area contributed by atoms with E-state index in [0.717, 1.165) is 32.7 Å². The highest BCUT2D eigenvalue weighted by Crippen LogP contribution is 2.11. The summed E-state index contributed by atoms with van der Waals surface area (Å²) >= 11 is 0. The Balaban J connectivity index is 1.90. The lowest BCUT2D eigenvalue weighted by molar-refractivity contribution is 0.164. The second-order valence-corrected chi connectivity index (χ2v) is 4.84.